The van der Waals surface area contributed by atoms with Crippen LogP contribution in [0.3, 0.4) is 0 Å². The van der Waals surface area contributed by atoms with Gasteiger partial charge >= 0.3 is 0 Å². The van der Waals surface area contributed by atoms with Gasteiger partial charge in [0.05, 0.1) is 11.4 Å². The maximum atomic E-state index is 11.1. The quantitative estimate of drug-likeness (QED) is 0.607. The molecule has 68 valence electrons. The molecule has 1 N–H and O–H groups in total. The van der Waals surface area contributed by atoms with E-state index in [1.165, 1.54) is 0 Å². The molecule has 3 rings (SSSR count). The number of hydrogen-bond acceptors (Lipinski definition) is 4. The smallest absolute Gasteiger partial charge is 0.248 e. The summed E-state index contributed by atoms with van der Waals surface area (Å²) in [4.78, 5) is 26.3. The van der Waals surface area contributed by atoms with Gasteiger partial charge in [0.2, 0.25) is 11.6 Å². The highest BCUT2D eigenvalue weighted by molar-refractivity contribution is 6.81. The zero-order chi connectivity index (χ0) is 9.71. The van der Waals surface area contributed by atoms with E-state index in [-0.39, 0.29) is 0 Å². The minimum Gasteiger partial charge on any atom is -0.368 e. The average Bonchev–Trinajstić information content (AvgIpc) is 2.26. The highest BCUT2D eigenvalue weighted by Crippen LogP contribution is 2.32. The van der Waals surface area contributed by atoms with E-state index in [4.69, 9.17) is 0 Å². The van der Waals surface area contributed by atoms with Gasteiger partial charge in [-0.25, -0.2) is 4.99 Å². The first-order valence-corrected chi connectivity index (χ1v) is 4.30. The van der Waals surface area contributed by atoms with Crippen molar-refractivity contribution in [1.82, 2.24) is 0 Å². The first kappa shape index (κ1) is 7.44. The van der Waals surface area contributed by atoms with Gasteiger partial charge in [-0.3, -0.25) is 9.59 Å². The summed E-state index contributed by atoms with van der Waals surface area (Å²) in [5.41, 5.74) is 1.87. The molecule has 1 aliphatic carbocycles. The number of hydrogen-bond donors (Lipinski definition) is 1. The molecule has 14 heavy (non-hydrogen) atoms. The second-order valence-corrected chi connectivity index (χ2v) is 3.28. The maximum absolute atomic E-state index is 11.1. The number of para-hydroxylation sites is 2. The molecular weight excluding hydrogens is 180 g/mol. The van der Waals surface area contributed by atoms with E-state index in [2.05, 4.69) is 10.3 Å². The monoisotopic (exact) mass is 186 g/mol. The van der Waals surface area contributed by atoms with Gasteiger partial charge in [0.25, 0.3) is 0 Å². The first-order valence-electron chi connectivity index (χ1n) is 4.30. The van der Waals surface area contributed by atoms with Gasteiger partial charge in [0, 0.05) is 0 Å². The third-order valence-corrected chi connectivity index (χ3v) is 2.44. The van der Waals surface area contributed by atoms with Crippen LogP contribution in [0.2, 0.25) is 0 Å². The van der Waals surface area contributed by atoms with Crippen LogP contribution in [0.1, 0.15) is 0 Å². The predicted molar refractivity (Wildman–Crippen MR) is 51.0 cm³/mol. The number of nitrogens with zero attached hydrogens (tertiary/aromatic N) is 1. The number of Topliss-reactive ketones (excluding diaryl/α,β-unsaturated/α-hetero) is 2. The lowest BCUT2D eigenvalue weighted by Crippen LogP contribution is -2.58. The largest absolute Gasteiger partial charge is 0.368 e. The molecule has 0 radical (unpaired) electrons. The molecule has 1 fully saturated rings. The fourth-order valence-electron chi connectivity index (χ4n) is 1.66. The number of aliphatic imine (C=N–C) groups is 1. The predicted octanol–water partition coefficient (Wildman–Crippen LogP) is 0.705. The molecule has 0 spiro atoms. The summed E-state index contributed by atoms with van der Waals surface area (Å²) in [6.07, 6.45) is 0. The Morgan fingerprint density at radius 3 is 2.86 bits per heavy atom. The number of anilines is 1. The van der Waals surface area contributed by atoms with Crippen molar-refractivity contribution in [1.29, 1.82) is 0 Å². The van der Waals surface area contributed by atoms with Crippen LogP contribution >= 0.6 is 0 Å². The van der Waals surface area contributed by atoms with Crippen molar-refractivity contribution >= 4 is 28.7 Å². The van der Waals surface area contributed by atoms with Crippen molar-refractivity contribution in [3.8, 4) is 0 Å². The molecule has 0 bridgehead atoms. The Balaban J connectivity index is 2.15. The zero-order valence-electron chi connectivity index (χ0n) is 7.15. The Labute approximate surface area is 79.6 Å². The third kappa shape index (κ3) is 0.750. The van der Waals surface area contributed by atoms with E-state index >= 15 is 0 Å². The van der Waals surface area contributed by atoms with Gasteiger partial charge in [0.1, 0.15) is 11.8 Å². The van der Waals surface area contributed by atoms with Crippen LogP contribution in [0.25, 0.3) is 0 Å². The fourth-order valence-corrected chi connectivity index (χ4v) is 1.66. The summed E-state index contributed by atoms with van der Waals surface area (Å²) in [5.74, 6) is -0.852. The number of fused-ring (bicyclic) bond motifs is 2. The minimum atomic E-state index is -0.502. The third-order valence-electron chi connectivity index (χ3n) is 2.44. The van der Waals surface area contributed by atoms with Crippen LogP contribution in [0.5, 0.6) is 0 Å². The molecule has 0 aromatic heterocycles. The standard InChI is InChI=1S/C10H6N2O2/c13-9-7-8(10(9)14)12-6-4-2-1-3-5(6)11-7/h1-4,7,11H. The van der Waals surface area contributed by atoms with Crippen LogP contribution in [0.15, 0.2) is 29.3 Å². The molecule has 1 saturated carbocycles. The first-order chi connectivity index (χ1) is 6.77. The number of nitrogens with one attached hydrogen (secondary N) is 1. The Hall–Kier alpha value is -1.97. The topological polar surface area (TPSA) is 58.5 Å². The van der Waals surface area contributed by atoms with Gasteiger partial charge in [-0.2, -0.15) is 0 Å². The Morgan fingerprint density at radius 2 is 2.00 bits per heavy atom. The number of carbonyl (C=O) groups excluding carboxylic acids is 2. The Morgan fingerprint density at radius 1 is 1.21 bits per heavy atom. The summed E-state index contributed by atoms with van der Waals surface area (Å²) in [6.45, 7) is 0. The normalized spacial score (nSPS) is 22.9. The lowest BCUT2D eigenvalue weighted by Gasteiger charge is -2.30. The van der Waals surface area contributed by atoms with Crippen molar-refractivity contribution in [3.05, 3.63) is 24.3 Å². The van der Waals surface area contributed by atoms with Crippen LogP contribution < -0.4 is 5.32 Å². The number of benzene rings is 1. The molecule has 2 aliphatic rings. The molecule has 1 unspecified atom stereocenters. The fraction of sp³-hybridized carbons (Fsp3) is 0.100. The maximum Gasteiger partial charge on any atom is 0.248 e. The molecule has 1 aliphatic heterocycles. The summed E-state index contributed by atoms with van der Waals surface area (Å²) in [7, 11) is 0. The second kappa shape index (κ2) is 2.29. The molecule has 4 heteroatoms. The molecule has 1 aromatic carbocycles. The lowest BCUT2D eigenvalue weighted by atomic mass is 9.85. The van der Waals surface area contributed by atoms with Crippen LogP contribution in [0.4, 0.5) is 11.4 Å². The summed E-state index contributed by atoms with van der Waals surface area (Å²) >= 11 is 0. The van der Waals surface area contributed by atoms with Crippen molar-refractivity contribution in [2.24, 2.45) is 4.99 Å². The molecule has 0 amide bonds. The molecular formula is C10H6N2O2. The molecule has 1 atom stereocenters. The molecule has 4 nitrogen and oxygen atoms in total. The second-order valence-electron chi connectivity index (χ2n) is 3.28. The highest BCUT2D eigenvalue weighted by atomic mass is 16.2. The number of ketones is 2. The van der Waals surface area contributed by atoms with E-state index in [9.17, 15) is 9.59 Å². The Kier molecular flexibility index (Phi) is 1.21. The number of carbonyl (C=O) groups is 2. The van der Waals surface area contributed by atoms with Crippen molar-refractivity contribution in [2.45, 2.75) is 6.04 Å². The van der Waals surface area contributed by atoms with E-state index in [0.717, 1.165) is 11.4 Å². The van der Waals surface area contributed by atoms with Crippen LogP contribution in [0, 0.1) is 0 Å². The molecule has 0 saturated heterocycles. The van der Waals surface area contributed by atoms with Gasteiger partial charge in [-0.15, -0.1) is 0 Å². The van der Waals surface area contributed by atoms with Gasteiger partial charge in [0.15, 0.2) is 0 Å². The zero-order valence-corrected chi connectivity index (χ0v) is 7.15. The minimum absolute atomic E-state index is 0.341. The van der Waals surface area contributed by atoms with Crippen molar-refractivity contribution < 1.29 is 9.59 Å². The molecule has 1 aromatic rings. The summed E-state index contributed by atoms with van der Waals surface area (Å²) in [6, 6.07) is 6.85. The Bertz CT molecular complexity index is 491. The summed E-state index contributed by atoms with van der Waals surface area (Å²) in [5, 5.41) is 2.98. The van der Waals surface area contributed by atoms with E-state index in [0.29, 0.717) is 5.71 Å². The van der Waals surface area contributed by atoms with Gasteiger partial charge in [-0.05, 0) is 12.1 Å². The van der Waals surface area contributed by atoms with E-state index < -0.39 is 17.6 Å². The van der Waals surface area contributed by atoms with Gasteiger partial charge < -0.3 is 5.32 Å². The van der Waals surface area contributed by atoms with Crippen LogP contribution in [-0.2, 0) is 9.59 Å². The highest BCUT2D eigenvalue weighted by Gasteiger charge is 2.47. The van der Waals surface area contributed by atoms with Gasteiger partial charge in [-0.1, -0.05) is 12.1 Å². The van der Waals surface area contributed by atoms with Crippen molar-refractivity contribution in [2.75, 3.05) is 5.32 Å². The number of rotatable bonds is 0. The lowest BCUT2D eigenvalue weighted by molar-refractivity contribution is -0.135. The van der Waals surface area contributed by atoms with Crippen LogP contribution in [-0.4, -0.2) is 23.3 Å². The SMILES string of the molecule is O=C1C(=O)C2Nc3ccccc3N=C12. The average molecular weight is 186 g/mol. The van der Waals surface area contributed by atoms with Crippen molar-refractivity contribution in [3.63, 3.8) is 0 Å². The van der Waals surface area contributed by atoms with E-state index in [1.807, 2.05) is 24.3 Å². The summed E-state index contributed by atoms with van der Waals surface area (Å²) < 4.78 is 0. The van der Waals surface area contributed by atoms with E-state index in [1.54, 1.807) is 0 Å². The molecule has 1 heterocycles.